The molecule has 6 heterocycles. The molecule has 220 valence electrons. The van der Waals surface area contributed by atoms with E-state index in [1.165, 1.54) is 0 Å². The summed E-state index contributed by atoms with van der Waals surface area (Å²) in [5, 5.41) is 14.5. The second kappa shape index (κ2) is 10.2. The number of aryl methyl sites for hydroxylation is 1. The van der Waals surface area contributed by atoms with Gasteiger partial charge in [0.1, 0.15) is 17.2 Å². The van der Waals surface area contributed by atoms with E-state index in [0.29, 0.717) is 22.8 Å². The van der Waals surface area contributed by atoms with Crippen LogP contribution >= 0.6 is 0 Å². The number of nitrogens with one attached hydrogen (secondary N) is 3. The van der Waals surface area contributed by atoms with Crippen molar-refractivity contribution in [3.05, 3.63) is 94.8 Å². The fourth-order valence-corrected chi connectivity index (χ4v) is 6.98. The van der Waals surface area contributed by atoms with E-state index in [1.54, 1.807) is 24.4 Å². The number of pyridine rings is 1. The Morgan fingerprint density at radius 3 is 2.59 bits per heavy atom. The summed E-state index contributed by atoms with van der Waals surface area (Å²) in [6.45, 7) is 5.04. The Morgan fingerprint density at radius 1 is 1.02 bits per heavy atom. The van der Waals surface area contributed by atoms with Gasteiger partial charge in [0.05, 0.1) is 33.5 Å². The molecule has 0 unspecified atom stereocenters. The standard InChI is InChI=1S/C34H31N7O3/c1-19-35-11-14-41(19)29-17-27-24(16-23(29)21-5-4-6-22(15-21)34(43)44)31(36-28-18-40-12-9-20(28)10-13-40)30(33(42)39-27)32-37-25-7-2-3-8-26(25)38-32/h2-8,11,14-17,20,28H,9-10,12-13,18H2,1H3,(H,37,38)(H,43,44)(H2,36,39,42)/t28-/m1/s1. The second-order valence-corrected chi connectivity index (χ2v) is 11.8. The third-order valence-corrected chi connectivity index (χ3v) is 9.25. The van der Waals surface area contributed by atoms with Crippen molar-refractivity contribution < 1.29 is 9.90 Å². The summed E-state index contributed by atoms with van der Waals surface area (Å²) >= 11 is 0. The maximum absolute atomic E-state index is 14.0. The van der Waals surface area contributed by atoms with Crippen LogP contribution in [0.1, 0.15) is 29.0 Å². The molecular weight excluding hydrogens is 554 g/mol. The first-order valence-corrected chi connectivity index (χ1v) is 14.9. The van der Waals surface area contributed by atoms with Crippen LogP contribution in [0.25, 0.3) is 50.1 Å². The third kappa shape index (κ3) is 4.37. The number of aromatic nitrogens is 5. The number of anilines is 1. The number of carbonyl (C=O) groups is 1. The van der Waals surface area contributed by atoms with Crippen LogP contribution in [-0.4, -0.2) is 66.2 Å². The topological polar surface area (TPSA) is 132 Å². The molecule has 0 radical (unpaired) electrons. The summed E-state index contributed by atoms with van der Waals surface area (Å²) in [7, 11) is 0. The van der Waals surface area contributed by atoms with Gasteiger partial charge in [-0.15, -0.1) is 0 Å². The van der Waals surface area contributed by atoms with Crippen LogP contribution in [0.4, 0.5) is 5.69 Å². The molecule has 0 saturated carbocycles. The summed E-state index contributed by atoms with van der Waals surface area (Å²) in [4.78, 5) is 44.2. The van der Waals surface area contributed by atoms with Gasteiger partial charge in [-0.3, -0.25) is 4.79 Å². The van der Waals surface area contributed by atoms with E-state index in [4.69, 9.17) is 4.98 Å². The lowest BCUT2D eigenvalue weighted by Gasteiger charge is -2.45. The number of aromatic carboxylic acids is 1. The lowest BCUT2D eigenvalue weighted by Crippen LogP contribution is -2.53. The fraction of sp³-hybridized carbons (Fsp3) is 0.235. The number of piperidine rings is 3. The van der Waals surface area contributed by atoms with Gasteiger partial charge in [0.15, 0.2) is 0 Å². The number of para-hydroxylation sites is 2. The predicted molar refractivity (Wildman–Crippen MR) is 170 cm³/mol. The number of fused-ring (bicyclic) bond motifs is 5. The quantitative estimate of drug-likeness (QED) is 0.205. The Balaban J connectivity index is 1.41. The predicted octanol–water partition coefficient (Wildman–Crippen LogP) is 5.44. The summed E-state index contributed by atoms with van der Waals surface area (Å²) in [6, 6.07) is 18.9. The van der Waals surface area contributed by atoms with Crippen molar-refractivity contribution in [1.29, 1.82) is 0 Å². The molecule has 3 aromatic heterocycles. The first kappa shape index (κ1) is 26.4. The second-order valence-electron chi connectivity index (χ2n) is 11.8. The number of aromatic amines is 2. The summed E-state index contributed by atoms with van der Waals surface area (Å²) < 4.78 is 1.95. The van der Waals surface area contributed by atoms with Crippen LogP contribution in [0.2, 0.25) is 0 Å². The fourth-order valence-electron chi connectivity index (χ4n) is 6.98. The van der Waals surface area contributed by atoms with E-state index in [0.717, 1.165) is 77.2 Å². The van der Waals surface area contributed by atoms with Crippen molar-refractivity contribution in [2.75, 3.05) is 25.0 Å². The number of hydrogen-bond donors (Lipinski definition) is 4. The molecule has 10 heteroatoms. The maximum atomic E-state index is 14.0. The molecule has 10 nitrogen and oxygen atoms in total. The molecule has 0 aliphatic carbocycles. The largest absolute Gasteiger partial charge is 0.478 e. The van der Waals surface area contributed by atoms with Gasteiger partial charge in [-0.05, 0) is 80.7 Å². The van der Waals surface area contributed by atoms with E-state index in [1.807, 2.05) is 54.1 Å². The number of benzene rings is 3. The molecule has 0 amide bonds. The highest BCUT2D eigenvalue weighted by Gasteiger charge is 2.35. The Labute approximate surface area is 252 Å². The molecule has 3 aromatic carbocycles. The Morgan fingerprint density at radius 2 is 1.86 bits per heavy atom. The van der Waals surface area contributed by atoms with Crippen molar-refractivity contribution >= 4 is 33.6 Å². The summed E-state index contributed by atoms with van der Waals surface area (Å²) in [6.07, 6.45) is 5.84. The van der Waals surface area contributed by atoms with Crippen molar-refractivity contribution in [3.8, 4) is 28.2 Å². The lowest BCUT2D eigenvalue weighted by atomic mass is 9.83. The van der Waals surface area contributed by atoms with Gasteiger partial charge in [0.25, 0.3) is 5.56 Å². The van der Waals surface area contributed by atoms with Gasteiger partial charge < -0.3 is 29.9 Å². The van der Waals surface area contributed by atoms with Crippen LogP contribution in [-0.2, 0) is 0 Å². The normalized spacial score (nSPS) is 19.5. The van der Waals surface area contributed by atoms with Gasteiger partial charge in [0, 0.05) is 35.9 Å². The van der Waals surface area contributed by atoms with Crippen molar-refractivity contribution in [1.82, 2.24) is 29.4 Å². The lowest BCUT2D eigenvalue weighted by molar-refractivity contribution is 0.0697. The van der Waals surface area contributed by atoms with Gasteiger partial charge in [-0.25, -0.2) is 14.8 Å². The third-order valence-electron chi connectivity index (χ3n) is 9.25. The minimum atomic E-state index is -0.991. The van der Waals surface area contributed by atoms with Gasteiger partial charge in [-0.2, -0.15) is 0 Å². The van der Waals surface area contributed by atoms with Crippen LogP contribution in [0.3, 0.4) is 0 Å². The molecule has 44 heavy (non-hydrogen) atoms. The van der Waals surface area contributed by atoms with Crippen LogP contribution in [0.15, 0.2) is 77.9 Å². The first-order valence-electron chi connectivity index (χ1n) is 14.9. The van der Waals surface area contributed by atoms with Crippen LogP contribution < -0.4 is 10.9 Å². The smallest absolute Gasteiger partial charge is 0.335 e. The zero-order valence-electron chi connectivity index (χ0n) is 24.2. The number of H-pyrrole nitrogens is 2. The molecule has 0 spiro atoms. The summed E-state index contributed by atoms with van der Waals surface area (Å²) in [5.74, 6) is 0.792. The molecular formula is C34H31N7O3. The molecule has 3 fully saturated rings. The highest BCUT2D eigenvalue weighted by molar-refractivity contribution is 6.03. The molecule has 3 saturated heterocycles. The number of carboxylic acids is 1. The van der Waals surface area contributed by atoms with Crippen molar-refractivity contribution in [2.45, 2.75) is 25.8 Å². The number of rotatable bonds is 6. The monoisotopic (exact) mass is 585 g/mol. The number of hydrogen-bond acceptors (Lipinski definition) is 6. The van der Waals surface area contributed by atoms with Gasteiger partial charge >= 0.3 is 5.97 Å². The first-order chi connectivity index (χ1) is 21.4. The average molecular weight is 586 g/mol. The minimum Gasteiger partial charge on any atom is -0.478 e. The summed E-state index contributed by atoms with van der Waals surface area (Å²) in [5.41, 5.74) is 5.81. The molecule has 6 aromatic rings. The zero-order valence-corrected chi connectivity index (χ0v) is 24.2. The van der Waals surface area contributed by atoms with Crippen molar-refractivity contribution in [3.63, 3.8) is 0 Å². The maximum Gasteiger partial charge on any atom is 0.335 e. The van der Waals surface area contributed by atoms with Crippen LogP contribution in [0, 0.1) is 12.8 Å². The molecule has 1 atom stereocenters. The van der Waals surface area contributed by atoms with E-state index in [9.17, 15) is 14.7 Å². The zero-order chi connectivity index (χ0) is 29.9. The highest BCUT2D eigenvalue weighted by atomic mass is 16.4. The molecule has 3 aliphatic heterocycles. The van der Waals surface area contributed by atoms with Crippen molar-refractivity contribution in [2.24, 2.45) is 5.92 Å². The minimum absolute atomic E-state index is 0.181. The molecule has 4 N–H and O–H groups in total. The molecule has 9 rings (SSSR count). The Bertz CT molecular complexity index is 2100. The van der Waals surface area contributed by atoms with Gasteiger partial charge in [0.2, 0.25) is 0 Å². The Kier molecular flexibility index (Phi) is 6.12. The molecule has 2 bridgehead atoms. The SMILES string of the molecule is Cc1nccn1-c1cc2[nH]c(=O)c(-c3nc4ccccc4[nH]3)c(N[C@@H]3CN4CCC3CC4)c2cc1-c1cccc(C(=O)O)c1. The number of nitrogens with zero attached hydrogens (tertiary/aromatic N) is 4. The average Bonchev–Trinajstić information content (AvgIpc) is 3.67. The highest BCUT2D eigenvalue weighted by Crippen LogP contribution is 2.39. The van der Waals surface area contributed by atoms with E-state index in [-0.39, 0.29) is 17.2 Å². The van der Waals surface area contributed by atoms with E-state index in [2.05, 4.69) is 31.2 Å². The van der Waals surface area contributed by atoms with E-state index < -0.39 is 5.97 Å². The van der Waals surface area contributed by atoms with E-state index >= 15 is 0 Å². The Hall–Kier alpha value is -5.22. The molecule has 3 aliphatic rings. The van der Waals surface area contributed by atoms with Crippen LogP contribution in [0.5, 0.6) is 0 Å². The number of imidazole rings is 2. The number of carboxylic acid groups (broad SMARTS) is 1. The van der Waals surface area contributed by atoms with Gasteiger partial charge in [-0.1, -0.05) is 24.3 Å².